The lowest BCUT2D eigenvalue weighted by molar-refractivity contribution is -0.149. The number of benzene rings is 1. The first kappa shape index (κ1) is 27.6. The van der Waals surface area contributed by atoms with E-state index in [1.54, 1.807) is 19.3 Å². The summed E-state index contributed by atoms with van der Waals surface area (Å²) in [5.74, 6) is -5.29. The van der Waals surface area contributed by atoms with Crippen LogP contribution in [-0.4, -0.2) is 29.7 Å². The normalized spacial score (nSPS) is 13.0. The Kier molecular flexibility index (Phi) is 8.69. The number of hydrogen-bond acceptors (Lipinski definition) is 6. The zero-order valence-corrected chi connectivity index (χ0v) is 21.0. The Hall–Kier alpha value is -2.68. The molecular formula is C25H33F3N2O4. The highest BCUT2D eigenvalue weighted by molar-refractivity contribution is 5.79. The average Bonchev–Trinajstić information content (AvgIpc) is 2.74. The van der Waals surface area contributed by atoms with Crippen molar-refractivity contribution in [1.29, 1.82) is 0 Å². The van der Waals surface area contributed by atoms with Gasteiger partial charge in [0.15, 0.2) is 23.2 Å². The highest BCUT2D eigenvalue weighted by Crippen LogP contribution is 2.37. The van der Waals surface area contributed by atoms with Crippen LogP contribution in [0.25, 0.3) is 0 Å². The lowest BCUT2D eigenvalue weighted by atomic mass is 9.77. The molecule has 9 heteroatoms. The van der Waals surface area contributed by atoms with Crippen molar-refractivity contribution in [2.75, 3.05) is 13.7 Å². The quantitative estimate of drug-likeness (QED) is 0.360. The minimum Gasteiger partial charge on any atom is -0.493 e. The van der Waals surface area contributed by atoms with E-state index in [0.717, 1.165) is 7.11 Å². The molecule has 34 heavy (non-hydrogen) atoms. The molecule has 0 radical (unpaired) electrons. The molecule has 2 aromatic rings. The fourth-order valence-electron chi connectivity index (χ4n) is 3.49. The minimum atomic E-state index is -1.41. The van der Waals surface area contributed by atoms with Crippen LogP contribution in [0.15, 0.2) is 12.4 Å². The molecule has 1 aromatic heterocycles. The molecule has 6 nitrogen and oxygen atoms in total. The largest absolute Gasteiger partial charge is 0.493 e. The summed E-state index contributed by atoms with van der Waals surface area (Å²) in [6.07, 6.45) is 3.13. The summed E-state index contributed by atoms with van der Waals surface area (Å²) in [5.41, 5.74) is -1.48. The van der Waals surface area contributed by atoms with E-state index >= 15 is 0 Å². The van der Waals surface area contributed by atoms with Crippen molar-refractivity contribution in [1.82, 2.24) is 9.97 Å². The molecule has 0 N–H and O–H groups in total. The SMILES string of the molecule is CCOCc1c(F)c(F)c(COC(=O)C(c2cnc(C(C)(C)C)nc2)C(C)(C)C)c(OC)c1F. The van der Waals surface area contributed by atoms with Gasteiger partial charge in [-0.1, -0.05) is 41.5 Å². The first-order chi connectivity index (χ1) is 15.7. The summed E-state index contributed by atoms with van der Waals surface area (Å²) in [6.45, 7) is 12.1. The lowest BCUT2D eigenvalue weighted by Gasteiger charge is -2.29. The molecule has 0 spiro atoms. The topological polar surface area (TPSA) is 70.5 Å². The maximum absolute atomic E-state index is 14.8. The molecule has 1 aromatic carbocycles. The molecule has 0 aliphatic rings. The van der Waals surface area contributed by atoms with Crippen molar-refractivity contribution in [2.45, 2.75) is 73.0 Å². The van der Waals surface area contributed by atoms with Crippen molar-refractivity contribution >= 4 is 5.97 Å². The van der Waals surface area contributed by atoms with E-state index < -0.39 is 64.8 Å². The van der Waals surface area contributed by atoms with Crippen LogP contribution in [0.2, 0.25) is 0 Å². The fraction of sp³-hybridized carbons (Fsp3) is 0.560. The van der Waals surface area contributed by atoms with Crippen molar-refractivity contribution in [3.05, 3.63) is 52.4 Å². The van der Waals surface area contributed by atoms with Gasteiger partial charge in [-0.2, -0.15) is 0 Å². The van der Waals surface area contributed by atoms with Gasteiger partial charge in [0.25, 0.3) is 0 Å². The summed E-state index contributed by atoms with van der Waals surface area (Å²) in [4.78, 5) is 21.8. The Morgan fingerprint density at radius 1 is 0.941 bits per heavy atom. The molecule has 0 amide bonds. The lowest BCUT2D eigenvalue weighted by Crippen LogP contribution is -2.29. The molecular weight excluding hydrogens is 449 g/mol. The Bertz CT molecular complexity index is 1010. The van der Waals surface area contributed by atoms with Gasteiger partial charge in [-0.15, -0.1) is 0 Å². The standard InChI is InChI=1S/C25H33F3N2O4/c1-9-33-12-15-18(26)19(27)16(21(32-8)20(15)28)13-34-22(31)17(24(2,3)4)14-10-29-23(30-11-14)25(5,6)7/h10-11,17H,9,12-13H2,1-8H3. The molecule has 0 saturated carbocycles. The van der Waals surface area contributed by atoms with Crippen LogP contribution in [0.3, 0.4) is 0 Å². The number of ether oxygens (including phenoxy) is 3. The first-order valence-corrected chi connectivity index (χ1v) is 11.0. The molecule has 0 saturated heterocycles. The maximum Gasteiger partial charge on any atom is 0.314 e. The number of methoxy groups -OCH3 is 1. The van der Waals surface area contributed by atoms with Crippen molar-refractivity contribution in [3.8, 4) is 5.75 Å². The Balaban J connectivity index is 2.36. The first-order valence-electron chi connectivity index (χ1n) is 11.0. The number of nitrogens with zero attached hydrogens (tertiary/aromatic N) is 2. The van der Waals surface area contributed by atoms with Crippen molar-refractivity contribution in [3.63, 3.8) is 0 Å². The maximum atomic E-state index is 14.8. The highest BCUT2D eigenvalue weighted by atomic mass is 19.2. The minimum absolute atomic E-state index is 0.191. The molecule has 0 aliphatic heterocycles. The number of esters is 1. The molecule has 2 rings (SSSR count). The Morgan fingerprint density at radius 3 is 1.97 bits per heavy atom. The number of halogens is 3. The summed E-state index contributed by atoms with van der Waals surface area (Å²) in [6, 6.07) is 0. The summed E-state index contributed by atoms with van der Waals surface area (Å²) < 4.78 is 59.5. The molecule has 0 fully saturated rings. The number of hydrogen-bond donors (Lipinski definition) is 0. The van der Waals surface area contributed by atoms with E-state index in [4.69, 9.17) is 14.2 Å². The number of aromatic nitrogens is 2. The number of carbonyl (C=O) groups excluding carboxylic acids is 1. The second kappa shape index (κ2) is 10.7. The van der Waals surface area contributed by atoms with Crippen LogP contribution in [0.4, 0.5) is 13.2 Å². The van der Waals surface area contributed by atoms with Gasteiger partial charge in [-0.05, 0) is 12.3 Å². The highest BCUT2D eigenvalue weighted by Gasteiger charge is 2.36. The van der Waals surface area contributed by atoms with Crippen LogP contribution in [-0.2, 0) is 32.9 Å². The van der Waals surface area contributed by atoms with E-state index in [1.165, 1.54) is 0 Å². The third-order valence-corrected chi connectivity index (χ3v) is 5.25. The monoisotopic (exact) mass is 482 g/mol. The van der Waals surface area contributed by atoms with E-state index in [0.29, 0.717) is 11.4 Å². The second-order valence-corrected chi connectivity index (χ2v) is 10.1. The summed E-state index contributed by atoms with van der Waals surface area (Å²) >= 11 is 0. The van der Waals surface area contributed by atoms with Crippen LogP contribution >= 0.6 is 0 Å². The number of rotatable bonds is 8. The van der Waals surface area contributed by atoms with Crippen LogP contribution in [0, 0.1) is 22.9 Å². The molecule has 1 unspecified atom stereocenters. The third kappa shape index (κ3) is 6.05. The van der Waals surface area contributed by atoms with Gasteiger partial charge >= 0.3 is 5.97 Å². The van der Waals surface area contributed by atoms with E-state index in [-0.39, 0.29) is 12.0 Å². The van der Waals surface area contributed by atoms with Gasteiger partial charge in [0.2, 0.25) is 0 Å². The molecule has 0 aliphatic carbocycles. The predicted molar refractivity (Wildman–Crippen MR) is 121 cm³/mol. The van der Waals surface area contributed by atoms with E-state index in [1.807, 2.05) is 41.5 Å². The van der Waals surface area contributed by atoms with Crippen LogP contribution < -0.4 is 4.74 Å². The van der Waals surface area contributed by atoms with E-state index in [2.05, 4.69) is 9.97 Å². The third-order valence-electron chi connectivity index (χ3n) is 5.25. The summed E-state index contributed by atoms with van der Waals surface area (Å²) in [7, 11) is 1.12. The zero-order valence-electron chi connectivity index (χ0n) is 21.0. The van der Waals surface area contributed by atoms with Crippen LogP contribution in [0.1, 0.15) is 76.9 Å². The van der Waals surface area contributed by atoms with Gasteiger partial charge in [0, 0.05) is 30.0 Å². The predicted octanol–water partition coefficient (Wildman–Crippen LogP) is 5.61. The van der Waals surface area contributed by atoms with E-state index in [9.17, 15) is 18.0 Å². The molecule has 188 valence electrons. The Labute approximate surface area is 198 Å². The summed E-state index contributed by atoms with van der Waals surface area (Å²) in [5, 5.41) is 0. The van der Waals surface area contributed by atoms with Crippen LogP contribution in [0.5, 0.6) is 5.75 Å². The smallest absolute Gasteiger partial charge is 0.314 e. The van der Waals surface area contributed by atoms with Gasteiger partial charge in [0.05, 0.1) is 30.8 Å². The molecule has 1 heterocycles. The number of carbonyl (C=O) groups is 1. The molecule has 1 atom stereocenters. The van der Waals surface area contributed by atoms with Gasteiger partial charge in [-0.25, -0.2) is 23.1 Å². The molecule has 0 bridgehead atoms. The fourth-order valence-corrected chi connectivity index (χ4v) is 3.49. The average molecular weight is 483 g/mol. The Morgan fingerprint density at radius 2 is 1.50 bits per heavy atom. The van der Waals surface area contributed by atoms with Crippen molar-refractivity contribution < 1.29 is 32.2 Å². The zero-order chi connectivity index (χ0) is 25.8. The van der Waals surface area contributed by atoms with Gasteiger partial charge in [0.1, 0.15) is 12.4 Å². The van der Waals surface area contributed by atoms with Gasteiger partial charge < -0.3 is 14.2 Å². The van der Waals surface area contributed by atoms with Crippen molar-refractivity contribution in [2.24, 2.45) is 5.41 Å². The second-order valence-electron chi connectivity index (χ2n) is 10.1. The van der Waals surface area contributed by atoms with Gasteiger partial charge in [-0.3, -0.25) is 4.79 Å².